The summed E-state index contributed by atoms with van der Waals surface area (Å²) in [6, 6.07) is 10.7. The van der Waals surface area contributed by atoms with Gasteiger partial charge in [0.25, 0.3) is 0 Å². The van der Waals surface area contributed by atoms with Gasteiger partial charge in [0.15, 0.2) is 0 Å². The predicted molar refractivity (Wildman–Crippen MR) is 106 cm³/mol. The molecule has 1 fully saturated rings. The highest BCUT2D eigenvalue weighted by atomic mass is 32.2. The van der Waals surface area contributed by atoms with Crippen molar-refractivity contribution in [3.63, 3.8) is 0 Å². The molecule has 30 heavy (non-hydrogen) atoms. The quantitative estimate of drug-likeness (QED) is 0.785. The second-order valence-corrected chi connectivity index (χ2v) is 9.68. The van der Waals surface area contributed by atoms with Gasteiger partial charge in [-0.3, -0.25) is 0 Å². The van der Waals surface area contributed by atoms with Crippen LogP contribution in [0.25, 0.3) is 0 Å². The number of fused-ring (bicyclic) bond motifs is 1. The van der Waals surface area contributed by atoms with Crippen LogP contribution in [0.1, 0.15) is 36.4 Å². The van der Waals surface area contributed by atoms with Crippen LogP contribution in [-0.2, 0) is 16.2 Å². The zero-order chi connectivity index (χ0) is 21.6. The molecule has 2 aliphatic heterocycles. The molecule has 2 aromatic carbocycles. The molecule has 162 valence electrons. The molecule has 0 bridgehead atoms. The molecular formula is C21H23F3N2O3S. The number of halogens is 3. The molecule has 2 aliphatic rings. The van der Waals surface area contributed by atoms with E-state index in [1.807, 2.05) is 7.05 Å². The molecular weight excluding hydrogens is 417 g/mol. The molecule has 5 nitrogen and oxygen atoms in total. The van der Waals surface area contributed by atoms with E-state index in [0.29, 0.717) is 17.7 Å². The van der Waals surface area contributed by atoms with E-state index < -0.39 is 38.3 Å². The van der Waals surface area contributed by atoms with Crippen molar-refractivity contribution in [2.24, 2.45) is 0 Å². The minimum absolute atomic E-state index is 0.366. The molecule has 0 unspecified atom stereocenters. The summed E-state index contributed by atoms with van der Waals surface area (Å²) in [4.78, 5) is 1.41. The van der Waals surface area contributed by atoms with Crippen LogP contribution in [0.3, 0.4) is 0 Å². The highest BCUT2D eigenvalue weighted by molar-refractivity contribution is 7.89. The maximum atomic E-state index is 13.4. The molecule has 1 N–H and O–H groups in total. The summed E-state index contributed by atoms with van der Waals surface area (Å²) in [5.41, 5.74) is -1.08. The molecule has 2 heterocycles. The zero-order valence-electron chi connectivity index (χ0n) is 16.4. The van der Waals surface area contributed by atoms with Gasteiger partial charge in [-0.1, -0.05) is 30.3 Å². The van der Waals surface area contributed by atoms with Crippen molar-refractivity contribution in [3.05, 3.63) is 59.7 Å². The molecule has 1 saturated heterocycles. The standard InChI is InChI=1S/C21H23F3N2O3S/c1-26-12-10-20(11-13-26)14-17(15-6-2-4-8-18(15)29-20)25-30(27,28)19-9-5-3-7-16(19)21(22,23)24/h2-9,17,25H,10-14H2,1H3/t17-/m1/s1. The van der Waals surface area contributed by atoms with E-state index in [4.69, 9.17) is 4.74 Å². The van der Waals surface area contributed by atoms with Gasteiger partial charge < -0.3 is 9.64 Å². The van der Waals surface area contributed by atoms with Gasteiger partial charge in [-0.05, 0) is 38.1 Å². The maximum absolute atomic E-state index is 13.4. The van der Waals surface area contributed by atoms with Gasteiger partial charge in [-0.2, -0.15) is 13.2 Å². The van der Waals surface area contributed by atoms with E-state index in [1.54, 1.807) is 24.3 Å². The third-order valence-corrected chi connectivity index (χ3v) is 7.40. The number of alkyl halides is 3. The number of ether oxygens (including phenoxy) is 1. The Bertz CT molecular complexity index is 1030. The van der Waals surface area contributed by atoms with Crippen LogP contribution < -0.4 is 9.46 Å². The lowest BCUT2D eigenvalue weighted by molar-refractivity contribution is -0.139. The Morgan fingerprint density at radius 3 is 2.40 bits per heavy atom. The first kappa shape index (κ1) is 21.1. The lowest BCUT2D eigenvalue weighted by atomic mass is 9.81. The van der Waals surface area contributed by atoms with Crippen LogP contribution in [0, 0.1) is 0 Å². The van der Waals surface area contributed by atoms with Crippen LogP contribution in [-0.4, -0.2) is 39.1 Å². The van der Waals surface area contributed by atoms with Crippen molar-refractivity contribution in [3.8, 4) is 5.75 Å². The van der Waals surface area contributed by atoms with Crippen LogP contribution >= 0.6 is 0 Å². The monoisotopic (exact) mass is 440 g/mol. The minimum atomic E-state index is -4.77. The van der Waals surface area contributed by atoms with E-state index in [9.17, 15) is 21.6 Å². The fourth-order valence-corrected chi connectivity index (χ4v) is 5.68. The second-order valence-electron chi connectivity index (χ2n) is 8.00. The molecule has 4 rings (SSSR count). The van der Waals surface area contributed by atoms with Gasteiger partial charge in [-0.25, -0.2) is 13.1 Å². The number of benzene rings is 2. The molecule has 0 aromatic heterocycles. The third kappa shape index (κ3) is 4.06. The van der Waals surface area contributed by atoms with Crippen molar-refractivity contribution < 1.29 is 26.3 Å². The van der Waals surface area contributed by atoms with E-state index >= 15 is 0 Å². The Hall–Kier alpha value is -2.10. The zero-order valence-corrected chi connectivity index (χ0v) is 17.3. The Kier molecular flexibility index (Phi) is 5.32. The molecule has 0 radical (unpaired) electrons. The largest absolute Gasteiger partial charge is 0.487 e. The van der Waals surface area contributed by atoms with E-state index in [0.717, 1.165) is 38.1 Å². The molecule has 2 aromatic rings. The molecule has 1 atom stereocenters. The Labute approximate surface area is 173 Å². The van der Waals surface area contributed by atoms with Crippen LogP contribution in [0.2, 0.25) is 0 Å². The van der Waals surface area contributed by atoms with E-state index in [2.05, 4.69) is 9.62 Å². The normalized spacial score (nSPS) is 21.8. The molecule has 1 spiro atoms. The number of hydrogen-bond acceptors (Lipinski definition) is 4. The van der Waals surface area contributed by atoms with E-state index in [-0.39, 0.29) is 0 Å². The smallest absolute Gasteiger partial charge is 0.417 e. The number of nitrogens with one attached hydrogen (secondary N) is 1. The Balaban J connectivity index is 1.70. The van der Waals surface area contributed by atoms with Crippen LogP contribution in [0.5, 0.6) is 5.75 Å². The van der Waals surface area contributed by atoms with Crippen LogP contribution in [0.4, 0.5) is 13.2 Å². The summed E-state index contributed by atoms with van der Waals surface area (Å²) in [5.74, 6) is 0.574. The van der Waals surface area contributed by atoms with Gasteiger partial charge in [0.2, 0.25) is 10.0 Å². The summed E-state index contributed by atoms with van der Waals surface area (Å²) >= 11 is 0. The van der Waals surface area contributed by atoms with E-state index in [1.165, 1.54) is 12.1 Å². The SMILES string of the molecule is CN1CCC2(CC1)C[C@@H](NS(=O)(=O)c1ccccc1C(F)(F)F)c1ccccc1O2. The third-order valence-electron chi connectivity index (χ3n) is 5.87. The first-order chi connectivity index (χ1) is 14.1. The lowest BCUT2D eigenvalue weighted by Crippen LogP contribution is -2.51. The first-order valence-electron chi connectivity index (χ1n) is 9.75. The van der Waals surface area contributed by atoms with Crippen LogP contribution in [0.15, 0.2) is 53.4 Å². The van der Waals surface area contributed by atoms with Crippen molar-refractivity contribution in [2.45, 2.75) is 42.0 Å². The summed E-state index contributed by atoms with van der Waals surface area (Å²) in [7, 11) is -2.41. The number of rotatable bonds is 3. The number of hydrogen-bond donors (Lipinski definition) is 1. The number of likely N-dealkylation sites (tertiary alicyclic amines) is 1. The Morgan fingerprint density at radius 1 is 1.07 bits per heavy atom. The van der Waals surface area contributed by atoms with Crippen molar-refractivity contribution in [2.75, 3.05) is 20.1 Å². The first-order valence-corrected chi connectivity index (χ1v) is 11.2. The molecule has 0 amide bonds. The number of para-hydroxylation sites is 1. The average Bonchev–Trinajstić information content (AvgIpc) is 2.70. The number of nitrogens with zero attached hydrogens (tertiary/aromatic N) is 1. The summed E-state index contributed by atoms with van der Waals surface area (Å²) in [5, 5.41) is 0. The average molecular weight is 440 g/mol. The van der Waals surface area contributed by atoms with Gasteiger partial charge in [0, 0.05) is 25.1 Å². The van der Waals surface area contributed by atoms with Gasteiger partial charge >= 0.3 is 6.18 Å². The predicted octanol–water partition coefficient (Wildman–Crippen LogP) is 3.97. The van der Waals surface area contributed by atoms with Crippen molar-refractivity contribution in [1.82, 2.24) is 9.62 Å². The highest BCUT2D eigenvalue weighted by Crippen LogP contribution is 2.45. The van der Waals surface area contributed by atoms with Crippen molar-refractivity contribution in [1.29, 1.82) is 0 Å². The maximum Gasteiger partial charge on any atom is 0.417 e. The highest BCUT2D eigenvalue weighted by Gasteiger charge is 2.45. The molecule has 0 saturated carbocycles. The Morgan fingerprint density at radius 2 is 1.70 bits per heavy atom. The fraction of sp³-hybridized carbons (Fsp3) is 0.429. The molecule has 9 heteroatoms. The van der Waals surface area contributed by atoms with Crippen molar-refractivity contribution >= 4 is 10.0 Å². The summed E-state index contributed by atoms with van der Waals surface area (Å²) < 4.78 is 75.1. The molecule has 0 aliphatic carbocycles. The lowest BCUT2D eigenvalue weighted by Gasteiger charge is -2.46. The van der Waals surface area contributed by atoms with Gasteiger partial charge in [-0.15, -0.1) is 0 Å². The van der Waals surface area contributed by atoms with Gasteiger partial charge in [0.1, 0.15) is 11.4 Å². The number of piperidine rings is 1. The fourth-order valence-electron chi connectivity index (χ4n) is 4.24. The topological polar surface area (TPSA) is 58.6 Å². The summed E-state index contributed by atoms with van der Waals surface area (Å²) in [6.07, 6.45) is -2.97. The van der Waals surface area contributed by atoms with Gasteiger partial charge in [0.05, 0.1) is 16.5 Å². The number of sulfonamides is 1. The second kappa shape index (κ2) is 7.55. The summed E-state index contributed by atoms with van der Waals surface area (Å²) in [6.45, 7) is 1.61. The minimum Gasteiger partial charge on any atom is -0.487 e.